The molecule has 4 nitrogen and oxygen atoms in total. The number of aromatic nitrogens is 2. The van der Waals surface area contributed by atoms with Gasteiger partial charge in [-0.05, 0) is 18.9 Å². The minimum atomic E-state index is -0.0226. The van der Waals surface area contributed by atoms with E-state index >= 15 is 0 Å². The van der Waals surface area contributed by atoms with E-state index < -0.39 is 0 Å². The average Bonchev–Trinajstić information content (AvgIpc) is 2.72. The first-order valence-electron chi connectivity index (χ1n) is 4.83. The molecule has 2 aliphatic rings. The molecule has 0 radical (unpaired) electrons. The van der Waals surface area contributed by atoms with Crippen LogP contribution in [0.5, 0.6) is 0 Å². The van der Waals surface area contributed by atoms with Crippen molar-refractivity contribution in [2.24, 2.45) is 0 Å². The highest BCUT2D eigenvalue weighted by Crippen LogP contribution is 2.40. The van der Waals surface area contributed by atoms with E-state index in [1.165, 1.54) is 18.5 Å². The predicted octanol–water partition coefficient (Wildman–Crippen LogP) is 0.836. The minimum absolute atomic E-state index is 0.0226. The fraction of sp³-hybridized carbons (Fsp3) is 0.667. The Kier molecular flexibility index (Phi) is 1.63. The molecule has 13 heavy (non-hydrogen) atoms. The summed E-state index contributed by atoms with van der Waals surface area (Å²) in [6.45, 7) is 1.71. The number of hydrogen-bond donors (Lipinski definition) is 1. The first-order valence-corrected chi connectivity index (χ1v) is 4.83. The van der Waals surface area contributed by atoms with Crippen LogP contribution in [0.25, 0.3) is 0 Å². The molecule has 1 aromatic rings. The molecule has 2 fully saturated rings. The fourth-order valence-electron chi connectivity index (χ4n) is 1.79. The standard InChI is InChI=1S/C9H13N3O/c1-2-7(1)8-3-4-11-12(8)9-10-5-6-13-9/h3-4,7,9-10H,1-2,5-6H2. The zero-order chi connectivity index (χ0) is 8.67. The minimum Gasteiger partial charge on any atom is -0.342 e. The van der Waals surface area contributed by atoms with Gasteiger partial charge in [0.15, 0.2) is 0 Å². The first-order chi connectivity index (χ1) is 6.45. The first kappa shape index (κ1) is 7.53. The quantitative estimate of drug-likeness (QED) is 0.731. The monoisotopic (exact) mass is 179 g/mol. The topological polar surface area (TPSA) is 39.1 Å². The molecule has 1 saturated carbocycles. The molecule has 1 aliphatic carbocycles. The van der Waals surface area contributed by atoms with Gasteiger partial charge in [0.05, 0.1) is 6.61 Å². The van der Waals surface area contributed by atoms with E-state index in [9.17, 15) is 0 Å². The van der Waals surface area contributed by atoms with Gasteiger partial charge in [-0.1, -0.05) is 0 Å². The maximum Gasteiger partial charge on any atom is 0.206 e. The summed E-state index contributed by atoms with van der Waals surface area (Å²) in [6, 6.07) is 2.10. The molecule has 2 heterocycles. The van der Waals surface area contributed by atoms with Crippen molar-refractivity contribution in [2.75, 3.05) is 13.2 Å². The van der Waals surface area contributed by atoms with Crippen molar-refractivity contribution < 1.29 is 4.74 Å². The van der Waals surface area contributed by atoms with E-state index in [1.54, 1.807) is 0 Å². The predicted molar refractivity (Wildman–Crippen MR) is 47.2 cm³/mol. The maximum absolute atomic E-state index is 5.51. The number of hydrogen-bond acceptors (Lipinski definition) is 3. The lowest BCUT2D eigenvalue weighted by Gasteiger charge is -2.13. The molecular weight excluding hydrogens is 166 g/mol. The van der Waals surface area contributed by atoms with Crippen LogP contribution >= 0.6 is 0 Å². The van der Waals surface area contributed by atoms with E-state index in [1.807, 2.05) is 10.9 Å². The third-order valence-corrected chi connectivity index (χ3v) is 2.62. The molecule has 3 rings (SSSR count). The largest absolute Gasteiger partial charge is 0.342 e. The van der Waals surface area contributed by atoms with Crippen LogP contribution in [0.3, 0.4) is 0 Å². The Morgan fingerprint density at radius 3 is 3.15 bits per heavy atom. The van der Waals surface area contributed by atoms with Gasteiger partial charge >= 0.3 is 0 Å². The normalized spacial score (nSPS) is 28.2. The van der Waals surface area contributed by atoms with E-state index in [4.69, 9.17) is 4.74 Å². The Balaban J connectivity index is 1.88. The molecule has 70 valence electrons. The molecular formula is C9H13N3O. The molecule has 1 aromatic heterocycles. The van der Waals surface area contributed by atoms with Crippen LogP contribution in [-0.2, 0) is 4.74 Å². The Labute approximate surface area is 76.9 Å². The van der Waals surface area contributed by atoms with Crippen molar-refractivity contribution in [1.82, 2.24) is 15.1 Å². The Bertz CT molecular complexity index is 300. The van der Waals surface area contributed by atoms with Crippen molar-refractivity contribution in [3.63, 3.8) is 0 Å². The van der Waals surface area contributed by atoms with Gasteiger partial charge in [0.25, 0.3) is 0 Å². The van der Waals surface area contributed by atoms with Gasteiger partial charge < -0.3 is 4.74 Å². The summed E-state index contributed by atoms with van der Waals surface area (Å²) in [5.74, 6) is 0.730. The van der Waals surface area contributed by atoms with Crippen LogP contribution < -0.4 is 5.32 Å². The fourth-order valence-corrected chi connectivity index (χ4v) is 1.79. The van der Waals surface area contributed by atoms with Crippen molar-refractivity contribution in [3.05, 3.63) is 18.0 Å². The van der Waals surface area contributed by atoms with Crippen LogP contribution in [0.2, 0.25) is 0 Å². The van der Waals surface area contributed by atoms with Crippen molar-refractivity contribution in [2.45, 2.75) is 25.1 Å². The second-order valence-corrected chi connectivity index (χ2v) is 3.65. The van der Waals surface area contributed by atoms with E-state index in [0.29, 0.717) is 0 Å². The summed E-state index contributed by atoms with van der Waals surface area (Å²) in [6.07, 6.45) is 4.44. The zero-order valence-corrected chi connectivity index (χ0v) is 7.44. The van der Waals surface area contributed by atoms with Gasteiger partial charge in [-0.3, -0.25) is 5.32 Å². The number of rotatable bonds is 2. The van der Waals surface area contributed by atoms with Gasteiger partial charge in [-0.2, -0.15) is 5.10 Å². The second kappa shape index (κ2) is 2.82. The Morgan fingerprint density at radius 2 is 2.46 bits per heavy atom. The molecule has 0 spiro atoms. The lowest BCUT2D eigenvalue weighted by atomic mass is 10.3. The van der Waals surface area contributed by atoms with Crippen LogP contribution in [0.4, 0.5) is 0 Å². The lowest BCUT2D eigenvalue weighted by molar-refractivity contribution is 0.0320. The molecule has 4 heteroatoms. The summed E-state index contributed by atoms with van der Waals surface area (Å²) in [5, 5.41) is 7.55. The highest BCUT2D eigenvalue weighted by molar-refractivity contribution is 5.14. The number of nitrogens with one attached hydrogen (secondary N) is 1. The van der Waals surface area contributed by atoms with Gasteiger partial charge in [0.2, 0.25) is 6.35 Å². The molecule has 1 unspecified atom stereocenters. The number of nitrogens with zero attached hydrogens (tertiary/aromatic N) is 2. The molecule has 1 saturated heterocycles. The van der Waals surface area contributed by atoms with Crippen LogP contribution in [0.1, 0.15) is 30.8 Å². The average molecular weight is 179 g/mol. The lowest BCUT2D eigenvalue weighted by Crippen LogP contribution is -2.23. The van der Waals surface area contributed by atoms with Crippen molar-refractivity contribution in [1.29, 1.82) is 0 Å². The highest BCUT2D eigenvalue weighted by Gasteiger charge is 2.30. The number of ether oxygens (including phenoxy) is 1. The molecule has 0 bridgehead atoms. The zero-order valence-electron chi connectivity index (χ0n) is 7.44. The smallest absolute Gasteiger partial charge is 0.206 e. The van der Waals surface area contributed by atoms with Crippen LogP contribution in [-0.4, -0.2) is 22.9 Å². The third kappa shape index (κ3) is 1.26. The van der Waals surface area contributed by atoms with Gasteiger partial charge in [0.1, 0.15) is 0 Å². The van der Waals surface area contributed by atoms with Gasteiger partial charge in [0, 0.05) is 24.4 Å². The van der Waals surface area contributed by atoms with E-state index in [2.05, 4.69) is 16.5 Å². The van der Waals surface area contributed by atoms with Crippen molar-refractivity contribution >= 4 is 0 Å². The SMILES string of the molecule is c1cc(C2CC2)n(C2NCCO2)n1. The summed E-state index contributed by atoms with van der Waals surface area (Å²) in [4.78, 5) is 0. The summed E-state index contributed by atoms with van der Waals surface area (Å²) < 4.78 is 7.48. The van der Waals surface area contributed by atoms with E-state index in [-0.39, 0.29) is 6.35 Å². The van der Waals surface area contributed by atoms with Crippen LogP contribution in [0, 0.1) is 0 Å². The van der Waals surface area contributed by atoms with Crippen LogP contribution in [0.15, 0.2) is 12.3 Å². The molecule has 1 N–H and O–H groups in total. The summed E-state index contributed by atoms with van der Waals surface area (Å²) in [7, 11) is 0. The van der Waals surface area contributed by atoms with Crippen molar-refractivity contribution in [3.8, 4) is 0 Å². The molecule has 1 aliphatic heterocycles. The van der Waals surface area contributed by atoms with Gasteiger partial charge in [-0.15, -0.1) is 0 Å². The molecule has 1 atom stereocenters. The van der Waals surface area contributed by atoms with E-state index in [0.717, 1.165) is 19.1 Å². The Hall–Kier alpha value is -0.870. The van der Waals surface area contributed by atoms with Gasteiger partial charge in [-0.25, -0.2) is 4.68 Å². The second-order valence-electron chi connectivity index (χ2n) is 3.65. The molecule has 0 amide bonds. The summed E-state index contributed by atoms with van der Waals surface area (Å²) >= 11 is 0. The third-order valence-electron chi connectivity index (χ3n) is 2.62. The molecule has 0 aromatic carbocycles. The highest BCUT2D eigenvalue weighted by atomic mass is 16.5. The maximum atomic E-state index is 5.51. The Morgan fingerprint density at radius 1 is 1.54 bits per heavy atom. The summed E-state index contributed by atoms with van der Waals surface area (Å²) in [5.41, 5.74) is 1.32.